The average Bonchev–Trinajstić information content (AvgIpc) is 2.86. The first-order chi connectivity index (χ1) is 9.42. The van der Waals surface area contributed by atoms with Gasteiger partial charge in [-0.3, -0.25) is 4.72 Å². The molecule has 106 valence electrons. The first kappa shape index (κ1) is 14.5. The molecule has 1 heterocycles. The Labute approximate surface area is 120 Å². The number of carbonyl (C=O) groups excluding carboxylic acids is 1. The van der Waals surface area contributed by atoms with E-state index < -0.39 is 16.0 Å². The summed E-state index contributed by atoms with van der Waals surface area (Å²) in [6, 6.07) is 5.97. The number of benzene rings is 1. The molecule has 0 spiro atoms. The number of hydrogen-bond donors (Lipinski definition) is 1. The van der Waals surface area contributed by atoms with Gasteiger partial charge in [-0.25, -0.2) is 18.2 Å². The lowest BCUT2D eigenvalue weighted by molar-refractivity contribution is 0.0601. The quantitative estimate of drug-likeness (QED) is 0.873. The van der Waals surface area contributed by atoms with Crippen molar-refractivity contribution in [2.24, 2.45) is 0 Å². The summed E-state index contributed by atoms with van der Waals surface area (Å²) in [6.07, 6.45) is 1.31. The highest BCUT2D eigenvalue weighted by Crippen LogP contribution is 2.21. The van der Waals surface area contributed by atoms with Crippen LogP contribution in [0.15, 0.2) is 34.7 Å². The van der Waals surface area contributed by atoms with Crippen LogP contribution in [0.2, 0.25) is 0 Å². The van der Waals surface area contributed by atoms with E-state index in [0.717, 1.165) is 11.3 Å². The van der Waals surface area contributed by atoms with Gasteiger partial charge in [0.15, 0.2) is 4.21 Å². The third-order valence-corrected chi connectivity index (χ3v) is 5.18. The van der Waals surface area contributed by atoms with Gasteiger partial charge in [-0.1, -0.05) is 0 Å². The highest BCUT2D eigenvalue weighted by molar-refractivity contribution is 7.94. The van der Waals surface area contributed by atoms with Crippen molar-refractivity contribution in [3.8, 4) is 0 Å². The molecule has 0 aliphatic carbocycles. The fourth-order valence-electron chi connectivity index (χ4n) is 1.46. The van der Waals surface area contributed by atoms with Crippen LogP contribution in [0, 0.1) is 6.92 Å². The molecule has 1 aromatic carbocycles. The fraction of sp³-hybridized carbons (Fsp3) is 0.167. The van der Waals surface area contributed by atoms with E-state index >= 15 is 0 Å². The molecule has 0 radical (unpaired) electrons. The van der Waals surface area contributed by atoms with Crippen LogP contribution in [0.1, 0.15) is 15.4 Å². The lowest BCUT2D eigenvalue weighted by atomic mass is 10.2. The predicted octanol–water partition coefficient (Wildman–Crippen LogP) is 2.04. The maximum atomic E-state index is 12.1. The van der Waals surface area contributed by atoms with Gasteiger partial charge < -0.3 is 4.74 Å². The number of rotatable bonds is 4. The minimum atomic E-state index is -3.64. The Morgan fingerprint density at radius 1 is 1.30 bits per heavy atom. The van der Waals surface area contributed by atoms with Gasteiger partial charge in [0.25, 0.3) is 10.0 Å². The van der Waals surface area contributed by atoms with Crippen molar-refractivity contribution in [3.63, 3.8) is 0 Å². The predicted molar refractivity (Wildman–Crippen MR) is 75.4 cm³/mol. The second-order valence-corrected chi connectivity index (χ2v) is 7.02. The van der Waals surface area contributed by atoms with E-state index in [0.29, 0.717) is 16.3 Å². The third-order valence-electron chi connectivity index (χ3n) is 2.42. The summed E-state index contributed by atoms with van der Waals surface area (Å²) in [5.74, 6) is -0.475. The Bertz CT molecular complexity index is 720. The largest absolute Gasteiger partial charge is 0.465 e. The van der Waals surface area contributed by atoms with E-state index in [-0.39, 0.29) is 4.21 Å². The van der Waals surface area contributed by atoms with Crippen molar-refractivity contribution < 1.29 is 17.9 Å². The van der Waals surface area contributed by atoms with E-state index in [1.807, 2.05) is 0 Å². The lowest BCUT2D eigenvalue weighted by Crippen LogP contribution is -2.11. The van der Waals surface area contributed by atoms with Gasteiger partial charge in [-0.2, -0.15) is 0 Å². The number of hydrogen-bond acceptors (Lipinski definition) is 6. The number of nitrogens with zero attached hydrogens (tertiary/aromatic N) is 1. The SMILES string of the molecule is COC(=O)c1ccc(NS(=O)(=O)c2cnc(C)s2)cc1. The third kappa shape index (κ3) is 3.14. The maximum Gasteiger partial charge on any atom is 0.337 e. The highest BCUT2D eigenvalue weighted by atomic mass is 32.2. The van der Waals surface area contributed by atoms with Crippen molar-refractivity contribution in [1.29, 1.82) is 0 Å². The molecule has 0 unspecified atom stereocenters. The summed E-state index contributed by atoms with van der Waals surface area (Å²) in [6.45, 7) is 1.73. The maximum absolute atomic E-state index is 12.1. The zero-order chi connectivity index (χ0) is 14.8. The van der Waals surface area contributed by atoms with Crippen LogP contribution in [0.5, 0.6) is 0 Å². The molecule has 0 saturated heterocycles. The molecule has 0 aliphatic heterocycles. The van der Waals surface area contributed by atoms with Crippen molar-refractivity contribution in [3.05, 3.63) is 41.0 Å². The van der Waals surface area contributed by atoms with Crippen molar-refractivity contribution >= 4 is 33.0 Å². The van der Waals surface area contributed by atoms with E-state index in [2.05, 4.69) is 14.4 Å². The summed E-state index contributed by atoms with van der Waals surface area (Å²) in [5.41, 5.74) is 0.716. The summed E-state index contributed by atoms with van der Waals surface area (Å²) in [4.78, 5) is 15.2. The zero-order valence-electron chi connectivity index (χ0n) is 10.8. The molecule has 8 heteroatoms. The number of methoxy groups -OCH3 is 1. The number of esters is 1. The van der Waals surface area contributed by atoms with E-state index in [4.69, 9.17) is 0 Å². The summed E-state index contributed by atoms with van der Waals surface area (Å²) >= 11 is 1.09. The van der Waals surface area contributed by atoms with Crippen molar-refractivity contribution in [2.75, 3.05) is 11.8 Å². The molecular formula is C12H12N2O4S2. The molecule has 20 heavy (non-hydrogen) atoms. The first-order valence-electron chi connectivity index (χ1n) is 5.56. The topological polar surface area (TPSA) is 85.4 Å². The minimum absolute atomic E-state index is 0.145. The lowest BCUT2D eigenvalue weighted by Gasteiger charge is -2.06. The van der Waals surface area contributed by atoms with Crippen LogP contribution >= 0.6 is 11.3 Å². The van der Waals surface area contributed by atoms with Crippen LogP contribution < -0.4 is 4.72 Å². The standard InChI is InChI=1S/C12H12N2O4S2/c1-8-13-7-11(19-8)20(16,17)14-10-5-3-9(4-6-10)12(15)18-2/h3-7,14H,1-2H3. The second kappa shape index (κ2) is 5.59. The van der Waals surface area contributed by atoms with Crippen LogP contribution in [0.3, 0.4) is 0 Å². The molecule has 1 aromatic heterocycles. The molecule has 6 nitrogen and oxygen atoms in total. The molecule has 0 bridgehead atoms. The normalized spacial score (nSPS) is 11.1. The summed E-state index contributed by atoms with van der Waals surface area (Å²) < 4.78 is 31.2. The number of thiazole rings is 1. The van der Waals surface area contributed by atoms with Crippen LogP contribution in [-0.4, -0.2) is 26.5 Å². The number of aryl methyl sites for hydroxylation is 1. The van der Waals surface area contributed by atoms with E-state index in [1.54, 1.807) is 6.92 Å². The fourth-order valence-corrected chi connectivity index (χ4v) is 3.63. The molecule has 0 atom stereocenters. The van der Waals surface area contributed by atoms with Gasteiger partial charge in [0.2, 0.25) is 0 Å². The number of carbonyl (C=O) groups is 1. The molecule has 0 fully saturated rings. The van der Waals surface area contributed by atoms with E-state index in [1.165, 1.54) is 37.6 Å². The van der Waals surface area contributed by atoms with Gasteiger partial charge in [0.1, 0.15) is 0 Å². The van der Waals surface area contributed by atoms with Crippen LogP contribution in [-0.2, 0) is 14.8 Å². The minimum Gasteiger partial charge on any atom is -0.465 e. The number of nitrogens with one attached hydrogen (secondary N) is 1. The number of sulfonamides is 1. The smallest absolute Gasteiger partial charge is 0.337 e. The number of ether oxygens (including phenoxy) is 1. The molecule has 0 saturated carbocycles. The van der Waals surface area contributed by atoms with Gasteiger partial charge in [-0.05, 0) is 31.2 Å². The van der Waals surface area contributed by atoms with Crippen molar-refractivity contribution in [1.82, 2.24) is 4.98 Å². The molecule has 2 aromatic rings. The first-order valence-corrected chi connectivity index (χ1v) is 7.86. The number of aromatic nitrogens is 1. The Kier molecular flexibility index (Phi) is 4.05. The van der Waals surface area contributed by atoms with E-state index in [9.17, 15) is 13.2 Å². The zero-order valence-corrected chi connectivity index (χ0v) is 12.4. The second-order valence-electron chi connectivity index (χ2n) is 3.87. The molecular weight excluding hydrogens is 300 g/mol. The van der Waals surface area contributed by atoms with Gasteiger partial charge in [0.05, 0.1) is 23.9 Å². The number of anilines is 1. The van der Waals surface area contributed by atoms with Gasteiger partial charge >= 0.3 is 5.97 Å². The average molecular weight is 312 g/mol. The monoisotopic (exact) mass is 312 g/mol. The Morgan fingerprint density at radius 3 is 2.45 bits per heavy atom. The molecule has 0 amide bonds. The van der Waals surface area contributed by atoms with Gasteiger partial charge in [-0.15, -0.1) is 11.3 Å². The Balaban J connectivity index is 2.20. The summed E-state index contributed by atoms with van der Waals surface area (Å²) in [5, 5.41) is 0.673. The summed E-state index contributed by atoms with van der Waals surface area (Å²) in [7, 11) is -2.36. The highest BCUT2D eigenvalue weighted by Gasteiger charge is 2.17. The Hall–Kier alpha value is -1.93. The van der Waals surface area contributed by atoms with Crippen LogP contribution in [0.4, 0.5) is 5.69 Å². The molecule has 1 N–H and O–H groups in total. The molecule has 2 rings (SSSR count). The molecule has 0 aliphatic rings. The van der Waals surface area contributed by atoms with Crippen LogP contribution in [0.25, 0.3) is 0 Å². The Morgan fingerprint density at radius 2 is 1.95 bits per heavy atom. The van der Waals surface area contributed by atoms with Gasteiger partial charge in [0, 0.05) is 5.69 Å². The van der Waals surface area contributed by atoms with Crippen molar-refractivity contribution in [2.45, 2.75) is 11.1 Å².